The first-order valence-electron chi connectivity index (χ1n) is 7.68. The van der Waals surface area contributed by atoms with Crippen molar-refractivity contribution < 1.29 is 14.3 Å². The molecule has 5 nitrogen and oxygen atoms in total. The van der Waals surface area contributed by atoms with E-state index in [-0.39, 0.29) is 24.8 Å². The molecule has 128 valence electrons. The lowest BCUT2D eigenvalue weighted by Gasteiger charge is -2.00. The molecule has 2 rings (SSSR count). The Morgan fingerprint density at radius 2 is 1.64 bits per heavy atom. The van der Waals surface area contributed by atoms with Crippen molar-refractivity contribution in [2.45, 2.75) is 6.42 Å². The van der Waals surface area contributed by atoms with Gasteiger partial charge in [-0.3, -0.25) is 9.59 Å². The summed E-state index contributed by atoms with van der Waals surface area (Å²) < 4.78 is 4.45. The molecule has 0 unspecified atom stereocenters. The van der Waals surface area contributed by atoms with Gasteiger partial charge >= 0.3 is 5.97 Å². The van der Waals surface area contributed by atoms with E-state index in [9.17, 15) is 9.59 Å². The zero-order chi connectivity index (χ0) is 18.3. The molecule has 0 heterocycles. The van der Waals surface area contributed by atoms with Gasteiger partial charge in [0.1, 0.15) is 0 Å². The van der Waals surface area contributed by atoms with Crippen molar-refractivity contribution >= 4 is 18.0 Å². The average Bonchev–Trinajstić information content (AvgIpc) is 2.68. The topological polar surface area (TPSA) is 79.2 Å². The quantitative estimate of drug-likeness (QED) is 0.672. The summed E-state index contributed by atoms with van der Waals surface area (Å²) in [5.74, 6) is -0.648. The van der Waals surface area contributed by atoms with Gasteiger partial charge in [-0.2, -0.15) is 5.26 Å². The number of amides is 1. The molecule has 0 aromatic heterocycles. The predicted molar refractivity (Wildman–Crippen MR) is 96.3 cm³/mol. The Labute approximate surface area is 147 Å². The van der Waals surface area contributed by atoms with Gasteiger partial charge in [-0.25, -0.2) is 0 Å². The predicted octanol–water partition coefficient (Wildman–Crippen LogP) is 2.94. The fourth-order valence-corrected chi connectivity index (χ4v) is 1.67. The minimum atomic E-state index is -0.364. The Morgan fingerprint density at radius 3 is 2.12 bits per heavy atom. The lowest BCUT2D eigenvalue weighted by Crippen LogP contribution is -2.24. The Hall–Kier alpha value is -3.39. The van der Waals surface area contributed by atoms with Crippen LogP contribution in [0.5, 0.6) is 0 Å². The molecule has 0 aliphatic rings. The number of methoxy groups -OCH3 is 1. The molecule has 0 saturated heterocycles. The Kier molecular flexibility index (Phi) is 9.50. The third kappa shape index (κ3) is 9.36. The number of carbonyl (C=O) groups is 2. The number of hydrogen-bond acceptors (Lipinski definition) is 4. The number of esters is 1. The highest BCUT2D eigenvalue weighted by atomic mass is 16.5. The molecule has 0 bridgehead atoms. The molecular formula is C20H20N2O3. The lowest BCUT2D eigenvalue weighted by atomic mass is 10.1. The summed E-state index contributed by atoms with van der Waals surface area (Å²) >= 11 is 0. The van der Waals surface area contributed by atoms with Crippen molar-refractivity contribution in [3.8, 4) is 6.07 Å². The average molecular weight is 336 g/mol. The van der Waals surface area contributed by atoms with Gasteiger partial charge in [-0.05, 0) is 23.8 Å². The zero-order valence-corrected chi connectivity index (χ0v) is 14.0. The van der Waals surface area contributed by atoms with Crippen LogP contribution in [0.3, 0.4) is 0 Å². The minimum Gasteiger partial charge on any atom is -0.469 e. The molecule has 2 aromatic rings. The van der Waals surface area contributed by atoms with Gasteiger partial charge in [0, 0.05) is 12.6 Å². The van der Waals surface area contributed by atoms with Gasteiger partial charge in [0.2, 0.25) is 5.91 Å². The van der Waals surface area contributed by atoms with Gasteiger partial charge in [-0.1, -0.05) is 48.5 Å². The second-order valence-corrected chi connectivity index (χ2v) is 4.84. The summed E-state index contributed by atoms with van der Waals surface area (Å²) in [6, 6.07) is 20.9. The summed E-state index contributed by atoms with van der Waals surface area (Å²) in [6.07, 6.45) is 3.15. The van der Waals surface area contributed by atoms with Crippen molar-refractivity contribution in [2.24, 2.45) is 0 Å². The summed E-state index contributed by atoms with van der Waals surface area (Å²) in [7, 11) is 1.30. The fraction of sp³-hybridized carbons (Fsp3) is 0.150. The lowest BCUT2D eigenvalue weighted by molar-refractivity contribution is -0.140. The number of hydrogen-bond donors (Lipinski definition) is 1. The number of nitriles is 1. The molecule has 0 atom stereocenters. The van der Waals surface area contributed by atoms with Crippen molar-refractivity contribution in [3.05, 3.63) is 77.9 Å². The highest BCUT2D eigenvalue weighted by Crippen LogP contribution is 2.04. The maximum absolute atomic E-state index is 11.4. The molecule has 0 spiro atoms. The molecule has 0 saturated carbocycles. The van der Waals surface area contributed by atoms with E-state index in [4.69, 9.17) is 5.26 Å². The van der Waals surface area contributed by atoms with Gasteiger partial charge < -0.3 is 10.1 Å². The summed E-state index contributed by atoms with van der Waals surface area (Å²) in [4.78, 5) is 22.2. The molecule has 25 heavy (non-hydrogen) atoms. The van der Waals surface area contributed by atoms with Crippen molar-refractivity contribution in [2.75, 3.05) is 13.7 Å². The van der Waals surface area contributed by atoms with Crippen LogP contribution in [0.2, 0.25) is 0 Å². The molecule has 0 aliphatic carbocycles. The molecule has 2 aromatic carbocycles. The Bertz CT molecular complexity index is 690. The third-order valence-corrected chi connectivity index (χ3v) is 2.99. The van der Waals surface area contributed by atoms with Gasteiger partial charge in [0.25, 0.3) is 0 Å². The van der Waals surface area contributed by atoms with Gasteiger partial charge in [0.05, 0.1) is 25.2 Å². The second-order valence-electron chi connectivity index (χ2n) is 4.84. The molecule has 1 amide bonds. The molecule has 0 fully saturated rings. The van der Waals surface area contributed by atoms with Crippen LogP contribution in [0.25, 0.3) is 6.08 Å². The van der Waals surface area contributed by atoms with E-state index in [1.54, 1.807) is 30.3 Å². The monoisotopic (exact) mass is 336 g/mol. The minimum absolute atomic E-state index is 0.146. The van der Waals surface area contributed by atoms with Crippen LogP contribution < -0.4 is 5.32 Å². The van der Waals surface area contributed by atoms with Gasteiger partial charge in [0.15, 0.2) is 0 Å². The molecule has 1 N–H and O–H groups in total. The highest BCUT2D eigenvalue weighted by Gasteiger charge is 2.00. The normalized spacial score (nSPS) is 9.44. The highest BCUT2D eigenvalue weighted by molar-refractivity contribution is 5.91. The summed E-state index contributed by atoms with van der Waals surface area (Å²) in [6.45, 7) is 0.239. The number of nitrogens with zero attached hydrogens (tertiary/aromatic N) is 1. The number of rotatable bonds is 5. The molecular weight excluding hydrogens is 316 g/mol. The number of benzene rings is 2. The SMILES string of the molecule is COC(=O)CCNC(=O)/C=C/c1ccc(C#N)cc1.c1ccccc1. The first-order valence-corrected chi connectivity index (χ1v) is 7.68. The van der Waals surface area contributed by atoms with Crippen molar-refractivity contribution in [3.63, 3.8) is 0 Å². The van der Waals surface area contributed by atoms with Crippen LogP contribution in [0.1, 0.15) is 17.5 Å². The molecule has 0 aliphatic heterocycles. The summed E-state index contributed by atoms with van der Waals surface area (Å²) in [5.41, 5.74) is 1.39. The van der Waals surface area contributed by atoms with Gasteiger partial charge in [-0.15, -0.1) is 0 Å². The van der Waals surface area contributed by atoms with E-state index < -0.39 is 0 Å². The first-order chi connectivity index (χ1) is 12.2. The van der Waals surface area contributed by atoms with E-state index in [0.717, 1.165) is 5.56 Å². The largest absolute Gasteiger partial charge is 0.469 e. The van der Waals surface area contributed by atoms with E-state index in [0.29, 0.717) is 5.56 Å². The van der Waals surface area contributed by atoms with Crippen molar-refractivity contribution in [1.29, 1.82) is 5.26 Å². The van der Waals surface area contributed by atoms with Crippen LogP contribution in [0, 0.1) is 11.3 Å². The molecule has 0 radical (unpaired) electrons. The molecule has 5 heteroatoms. The van der Waals surface area contributed by atoms with Crippen LogP contribution in [-0.2, 0) is 14.3 Å². The number of nitrogens with one attached hydrogen (secondary N) is 1. The first kappa shape index (κ1) is 19.7. The van der Waals surface area contributed by atoms with Crippen LogP contribution in [-0.4, -0.2) is 25.5 Å². The maximum atomic E-state index is 11.4. The fourth-order valence-electron chi connectivity index (χ4n) is 1.67. The van der Waals surface area contributed by atoms with Crippen LogP contribution in [0.15, 0.2) is 66.7 Å². The number of carbonyl (C=O) groups excluding carboxylic acids is 2. The maximum Gasteiger partial charge on any atom is 0.307 e. The number of ether oxygens (including phenoxy) is 1. The Balaban J connectivity index is 0.000000435. The van der Waals surface area contributed by atoms with E-state index in [1.165, 1.54) is 13.2 Å². The summed E-state index contributed by atoms with van der Waals surface area (Å²) in [5, 5.41) is 11.2. The van der Waals surface area contributed by atoms with Crippen LogP contribution >= 0.6 is 0 Å². The smallest absolute Gasteiger partial charge is 0.307 e. The van der Waals surface area contributed by atoms with Crippen molar-refractivity contribution in [1.82, 2.24) is 5.32 Å². The van der Waals surface area contributed by atoms with E-state index in [1.807, 2.05) is 42.5 Å². The van der Waals surface area contributed by atoms with E-state index in [2.05, 4.69) is 10.1 Å². The second kappa shape index (κ2) is 12.1. The standard InChI is InChI=1S/C14H14N2O3.C6H6/c1-19-14(18)8-9-16-13(17)7-6-11-2-4-12(10-15)5-3-11;1-2-4-6-5-3-1/h2-7H,8-9H2,1H3,(H,16,17);1-6H/b7-6+;. The van der Waals surface area contributed by atoms with Crippen LogP contribution in [0.4, 0.5) is 0 Å². The van der Waals surface area contributed by atoms with E-state index >= 15 is 0 Å². The third-order valence-electron chi connectivity index (χ3n) is 2.99. The zero-order valence-electron chi connectivity index (χ0n) is 14.0. The Morgan fingerprint density at radius 1 is 1.08 bits per heavy atom.